The molecule has 2 aromatic carbocycles. The lowest BCUT2D eigenvalue weighted by atomic mass is 10.1. The van der Waals surface area contributed by atoms with Crippen LogP contribution in [0.15, 0.2) is 59.6 Å². The molecular weight excluding hydrogens is 309 g/mol. The molecular formula is C18H18FN3O2. The number of nitrogens with zero attached hydrogens (tertiary/aromatic N) is 2. The maximum absolute atomic E-state index is 14.0. The van der Waals surface area contributed by atoms with E-state index in [1.54, 1.807) is 44.3 Å². The molecule has 1 aliphatic rings. The minimum absolute atomic E-state index is 0.0180. The molecule has 0 spiro atoms. The minimum atomic E-state index is -1.08. The summed E-state index contributed by atoms with van der Waals surface area (Å²) in [5.41, 5.74) is -0.0337. The van der Waals surface area contributed by atoms with Crippen molar-refractivity contribution < 1.29 is 14.0 Å². The molecule has 1 aliphatic heterocycles. The number of hydrogen-bond acceptors (Lipinski definition) is 4. The van der Waals surface area contributed by atoms with Crippen LogP contribution in [0.25, 0.3) is 0 Å². The number of anilines is 1. The predicted molar refractivity (Wildman–Crippen MR) is 89.9 cm³/mol. The molecule has 0 fully saturated rings. The van der Waals surface area contributed by atoms with E-state index < -0.39 is 5.72 Å². The smallest absolute Gasteiger partial charge is 0.229 e. The van der Waals surface area contributed by atoms with Crippen molar-refractivity contribution in [1.82, 2.24) is 5.06 Å². The van der Waals surface area contributed by atoms with Crippen molar-refractivity contribution in [3.05, 3.63) is 66.0 Å². The van der Waals surface area contributed by atoms with Gasteiger partial charge in [0, 0.05) is 12.7 Å². The first-order chi connectivity index (χ1) is 11.5. The fourth-order valence-corrected chi connectivity index (χ4v) is 2.62. The number of amidine groups is 1. The van der Waals surface area contributed by atoms with Gasteiger partial charge in [-0.3, -0.25) is 4.79 Å². The van der Waals surface area contributed by atoms with Gasteiger partial charge in [0.1, 0.15) is 5.82 Å². The van der Waals surface area contributed by atoms with E-state index in [-0.39, 0.29) is 18.1 Å². The molecule has 1 amide bonds. The van der Waals surface area contributed by atoms with Gasteiger partial charge < -0.3 is 5.32 Å². The second-order valence-electron chi connectivity index (χ2n) is 5.77. The zero-order chi connectivity index (χ0) is 17.2. The van der Waals surface area contributed by atoms with E-state index in [0.29, 0.717) is 17.1 Å². The Morgan fingerprint density at radius 1 is 1.21 bits per heavy atom. The van der Waals surface area contributed by atoms with Crippen LogP contribution in [-0.2, 0) is 9.63 Å². The molecule has 1 unspecified atom stereocenters. The largest absolute Gasteiger partial charge is 0.326 e. The van der Waals surface area contributed by atoms with E-state index in [1.807, 2.05) is 18.2 Å². The molecule has 0 radical (unpaired) electrons. The fourth-order valence-electron chi connectivity index (χ4n) is 2.62. The van der Waals surface area contributed by atoms with Gasteiger partial charge in [0.25, 0.3) is 0 Å². The number of aliphatic imine (C=N–C) groups is 1. The maximum Gasteiger partial charge on any atom is 0.229 e. The Kier molecular flexibility index (Phi) is 4.31. The number of hydrogen-bond donors (Lipinski definition) is 1. The Labute approximate surface area is 139 Å². The summed E-state index contributed by atoms with van der Waals surface area (Å²) < 4.78 is 14.0. The molecule has 1 N–H and O–H groups in total. The van der Waals surface area contributed by atoms with Crippen molar-refractivity contribution in [3.63, 3.8) is 0 Å². The van der Waals surface area contributed by atoms with Crippen LogP contribution in [-0.4, -0.2) is 29.6 Å². The summed E-state index contributed by atoms with van der Waals surface area (Å²) in [7, 11) is 1.64. The summed E-state index contributed by atoms with van der Waals surface area (Å²) in [5, 5.41) is 4.19. The highest BCUT2D eigenvalue weighted by Gasteiger charge is 2.38. The van der Waals surface area contributed by atoms with Crippen LogP contribution in [0.4, 0.5) is 10.1 Å². The number of hydroxylamine groups is 2. The molecule has 0 aromatic heterocycles. The van der Waals surface area contributed by atoms with Crippen LogP contribution in [0.3, 0.4) is 0 Å². The van der Waals surface area contributed by atoms with E-state index in [2.05, 4.69) is 10.3 Å². The lowest BCUT2D eigenvalue weighted by molar-refractivity contribution is -0.164. The van der Waals surface area contributed by atoms with Crippen molar-refractivity contribution in [1.29, 1.82) is 0 Å². The first-order valence-corrected chi connectivity index (χ1v) is 7.59. The van der Waals surface area contributed by atoms with Crippen molar-refractivity contribution >= 4 is 17.4 Å². The number of carbonyl (C=O) groups is 1. The van der Waals surface area contributed by atoms with Crippen LogP contribution in [0.1, 0.15) is 18.9 Å². The Hall–Kier alpha value is -2.73. The first-order valence-electron chi connectivity index (χ1n) is 7.59. The van der Waals surface area contributed by atoms with E-state index >= 15 is 0 Å². The molecule has 2 aromatic rings. The number of rotatable bonds is 4. The lowest BCUT2D eigenvalue weighted by Crippen LogP contribution is -2.32. The molecule has 124 valence electrons. The standard InChI is InChI=1S/C18H18FN3O2/c1-18(12-16(23)20-13-8-4-3-5-9-13)21-17(22(2)24-18)14-10-6-7-11-15(14)19/h3-11H,12H2,1-2H3,(H,20,23). The Morgan fingerprint density at radius 3 is 2.58 bits per heavy atom. The van der Waals surface area contributed by atoms with Crippen molar-refractivity contribution in [2.45, 2.75) is 19.1 Å². The third-order valence-electron chi connectivity index (χ3n) is 3.64. The molecule has 0 aliphatic carbocycles. The third-order valence-corrected chi connectivity index (χ3v) is 3.64. The van der Waals surface area contributed by atoms with Gasteiger partial charge in [-0.15, -0.1) is 0 Å². The molecule has 24 heavy (non-hydrogen) atoms. The minimum Gasteiger partial charge on any atom is -0.326 e. The molecule has 3 rings (SSSR count). The molecule has 6 heteroatoms. The highest BCUT2D eigenvalue weighted by Crippen LogP contribution is 2.29. The number of benzene rings is 2. The van der Waals surface area contributed by atoms with Gasteiger partial charge in [-0.25, -0.2) is 19.3 Å². The maximum atomic E-state index is 14.0. The van der Waals surface area contributed by atoms with Crippen molar-refractivity contribution in [2.24, 2.45) is 4.99 Å². The summed E-state index contributed by atoms with van der Waals surface area (Å²) in [5.74, 6) is -0.247. The number of carbonyl (C=O) groups excluding carboxylic acids is 1. The molecule has 0 bridgehead atoms. The second kappa shape index (κ2) is 6.41. The zero-order valence-electron chi connectivity index (χ0n) is 13.5. The van der Waals surface area contributed by atoms with Crippen LogP contribution in [0.5, 0.6) is 0 Å². The van der Waals surface area contributed by atoms with E-state index in [4.69, 9.17) is 4.84 Å². The Bertz CT molecular complexity index is 779. The van der Waals surface area contributed by atoms with Gasteiger partial charge in [-0.05, 0) is 31.2 Å². The Morgan fingerprint density at radius 2 is 1.88 bits per heavy atom. The number of para-hydroxylation sites is 1. The van der Waals surface area contributed by atoms with Gasteiger partial charge >= 0.3 is 0 Å². The summed E-state index contributed by atoms with van der Waals surface area (Å²) in [4.78, 5) is 22.4. The van der Waals surface area contributed by atoms with Crippen LogP contribution < -0.4 is 5.32 Å². The van der Waals surface area contributed by atoms with Gasteiger partial charge in [0.2, 0.25) is 5.91 Å². The van der Waals surface area contributed by atoms with Crippen LogP contribution in [0, 0.1) is 5.82 Å². The zero-order valence-corrected chi connectivity index (χ0v) is 13.5. The van der Waals surface area contributed by atoms with Gasteiger partial charge in [-0.1, -0.05) is 30.3 Å². The molecule has 0 saturated carbocycles. The summed E-state index contributed by atoms with van der Waals surface area (Å²) in [6, 6.07) is 15.5. The van der Waals surface area contributed by atoms with Crippen LogP contribution >= 0.6 is 0 Å². The predicted octanol–water partition coefficient (Wildman–Crippen LogP) is 3.19. The van der Waals surface area contributed by atoms with Gasteiger partial charge in [0.05, 0.1) is 12.0 Å². The van der Waals surface area contributed by atoms with E-state index in [1.165, 1.54) is 11.1 Å². The number of amides is 1. The van der Waals surface area contributed by atoms with E-state index in [9.17, 15) is 9.18 Å². The highest BCUT2D eigenvalue weighted by atomic mass is 19.1. The molecule has 0 saturated heterocycles. The van der Waals surface area contributed by atoms with E-state index in [0.717, 1.165) is 0 Å². The molecule has 1 atom stereocenters. The van der Waals surface area contributed by atoms with Crippen molar-refractivity contribution in [3.8, 4) is 0 Å². The second-order valence-corrected chi connectivity index (χ2v) is 5.77. The summed E-state index contributed by atoms with van der Waals surface area (Å²) >= 11 is 0. The number of halogens is 1. The average molecular weight is 327 g/mol. The summed E-state index contributed by atoms with van der Waals surface area (Å²) in [6.07, 6.45) is 0.0180. The monoisotopic (exact) mass is 327 g/mol. The lowest BCUT2D eigenvalue weighted by Gasteiger charge is -2.21. The summed E-state index contributed by atoms with van der Waals surface area (Å²) in [6.45, 7) is 1.70. The molecule has 1 heterocycles. The third kappa shape index (κ3) is 3.44. The fraction of sp³-hybridized carbons (Fsp3) is 0.222. The average Bonchev–Trinajstić information content (AvgIpc) is 2.83. The van der Waals surface area contributed by atoms with Gasteiger partial charge in [0.15, 0.2) is 11.6 Å². The normalized spacial score (nSPS) is 20.0. The Balaban J connectivity index is 1.76. The van der Waals surface area contributed by atoms with Crippen LogP contribution in [0.2, 0.25) is 0 Å². The quantitative estimate of drug-likeness (QED) is 0.938. The molecule has 5 nitrogen and oxygen atoms in total. The highest BCUT2D eigenvalue weighted by molar-refractivity contribution is 5.99. The topological polar surface area (TPSA) is 53.9 Å². The number of nitrogens with one attached hydrogen (secondary N) is 1. The van der Waals surface area contributed by atoms with Crippen molar-refractivity contribution in [2.75, 3.05) is 12.4 Å². The van der Waals surface area contributed by atoms with Gasteiger partial charge in [-0.2, -0.15) is 0 Å². The SMILES string of the molecule is CN1OC(C)(CC(=O)Nc2ccccc2)N=C1c1ccccc1F. The first kappa shape index (κ1) is 16.1.